The topological polar surface area (TPSA) is 60.2 Å². The van der Waals surface area contributed by atoms with E-state index in [1.54, 1.807) is 0 Å². The van der Waals surface area contributed by atoms with Crippen molar-refractivity contribution >= 4 is 11.7 Å². The third kappa shape index (κ3) is 0.677. The number of ketones is 1. The standard InChI is InChI=1S/C11H17NO2/c1-9(2)10(3)4-5-11(9,8(12)14)6-7(10)13/h4-6H2,1-3H3,(H2,12,14)/t10-,11-/m1/s1. The Morgan fingerprint density at radius 1 is 1.29 bits per heavy atom. The van der Waals surface area contributed by atoms with Crippen LogP contribution < -0.4 is 5.73 Å². The van der Waals surface area contributed by atoms with Gasteiger partial charge >= 0.3 is 0 Å². The second-order valence-corrected chi connectivity index (χ2v) is 5.50. The monoisotopic (exact) mass is 195 g/mol. The van der Waals surface area contributed by atoms with Crippen LogP contribution in [0.1, 0.15) is 40.0 Å². The molecule has 0 unspecified atom stereocenters. The summed E-state index contributed by atoms with van der Waals surface area (Å²) in [5.74, 6) is -0.0791. The molecule has 0 spiro atoms. The second-order valence-electron chi connectivity index (χ2n) is 5.50. The summed E-state index contributed by atoms with van der Waals surface area (Å²) < 4.78 is 0. The molecule has 0 aromatic rings. The maximum atomic E-state index is 11.9. The van der Waals surface area contributed by atoms with E-state index in [0.717, 1.165) is 12.8 Å². The van der Waals surface area contributed by atoms with Crippen LogP contribution in [-0.2, 0) is 9.59 Å². The lowest BCUT2D eigenvalue weighted by Gasteiger charge is -2.37. The quantitative estimate of drug-likeness (QED) is 0.684. The van der Waals surface area contributed by atoms with E-state index >= 15 is 0 Å². The van der Waals surface area contributed by atoms with Crippen LogP contribution in [0.25, 0.3) is 0 Å². The van der Waals surface area contributed by atoms with Gasteiger partial charge in [0.15, 0.2) is 0 Å². The van der Waals surface area contributed by atoms with E-state index < -0.39 is 5.41 Å². The first-order valence-electron chi connectivity index (χ1n) is 5.11. The third-order valence-corrected chi connectivity index (χ3v) is 5.18. The number of Topliss-reactive ketones (excluding diaryl/α,β-unsaturated/α-hetero) is 1. The lowest BCUT2D eigenvalue weighted by Crippen LogP contribution is -2.44. The van der Waals surface area contributed by atoms with E-state index in [9.17, 15) is 9.59 Å². The highest BCUT2D eigenvalue weighted by molar-refractivity contribution is 5.99. The maximum absolute atomic E-state index is 11.9. The number of primary amides is 1. The van der Waals surface area contributed by atoms with E-state index in [2.05, 4.69) is 0 Å². The molecule has 3 nitrogen and oxygen atoms in total. The molecule has 2 fully saturated rings. The Labute approximate surface area is 84.0 Å². The molecule has 2 atom stereocenters. The van der Waals surface area contributed by atoms with Gasteiger partial charge in [-0.15, -0.1) is 0 Å². The number of rotatable bonds is 1. The molecule has 14 heavy (non-hydrogen) atoms. The number of fused-ring (bicyclic) bond motifs is 2. The molecule has 0 aromatic carbocycles. The summed E-state index contributed by atoms with van der Waals surface area (Å²) >= 11 is 0. The van der Waals surface area contributed by atoms with Gasteiger partial charge in [0.25, 0.3) is 0 Å². The Bertz CT molecular complexity index is 334. The van der Waals surface area contributed by atoms with Gasteiger partial charge in [0.1, 0.15) is 5.78 Å². The molecular formula is C11H17NO2. The van der Waals surface area contributed by atoms with E-state index in [1.165, 1.54) is 0 Å². The normalized spacial score (nSPS) is 44.4. The fourth-order valence-corrected chi connectivity index (χ4v) is 3.40. The highest BCUT2D eigenvalue weighted by Crippen LogP contribution is 2.70. The van der Waals surface area contributed by atoms with E-state index in [-0.39, 0.29) is 22.5 Å². The number of hydrogen-bond acceptors (Lipinski definition) is 2. The molecule has 0 radical (unpaired) electrons. The molecule has 2 rings (SSSR count). The van der Waals surface area contributed by atoms with Gasteiger partial charge in [0, 0.05) is 11.8 Å². The molecule has 2 N–H and O–H groups in total. The summed E-state index contributed by atoms with van der Waals surface area (Å²) in [5.41, 5.74) is 4.30. The second kappa shape index (κ2) is 2.20. The summed E-state index contributed by atoms with van der Waals surface area (Å²) in [6.45, 7) is 6.00. The first kappa shape index (κ1) is 9.69. The van der Waals surface area contributed by atoms with Gasteiger partial charge in [0.2, 0.25) is 5.91 Å². The largest absolute Gasteiger partial charge is 0.369 e. The fourth-order valence-electron chi connectivity index (χ4n) is 3.40. The Hall–Kier alpha value is -0.860. The SMILES string of the molecule is CC1(C)[C@]2(C(N)=O)CC[C@]1(C)C(=O)C2. The average Bonchev–Trinajstić information content (AvgIpc) is 2.34. The molecule has 3 heteroatoms. The van der Waals surface area contributed by atoms with Crippen molar-refractivity contribution in [3.8, 4) is 0 Å². The van der Waals surface area contributed by atoms with Crippen molar-refractivity contribution in [1.82, 2.24) is 0 Å². The van der Waals surface area contributed by atoms with Crippen molar-refractivity contribution in [2.24, 2.45) is 22.0 Å². The molecule has 0 aromatic heterocycles. The number of nitrogens with two attached hydrogens (primary N) is 1. The molecule has 2 aliphatic rings. The molecule has 1 amide bonds. The highest BCUT2D eigenvalue weighted by atomic mass is 16.2. The minimum absolute atomic E-state index is 0.215. The van der Waals surface area contributed by atoms with Crippen LogP contribution in [0.5, 0.6) is 0 Å². The molecule has 2 bridgehead atoms. The minimum atomic E-state index is -0.571. The first-order chi connectivity index (χ1) is 6.28. The summed E-state index contributed by atoms with van der Waals surface area (Å²) in [7, 11) is 0. The number of carbonyl (C=O) groups excluding carboxylic acids is 2. The van der Waals surface area contributed by atoms with E-state index in [1.807, 2.05) is 20.8 Å². The Morgan fingerprint density at radius 2 is 1.86 bits per heavy atom. The highest BCUT2D eigenvalue weighted by Gasteiger charge is 2.71. The van der Waals surface area contributed by atoms with Crippen LogP contribution in [0.2, 0.25) is 0 Å². The van der Waals surface area contributed by atoms with Crippen molar-refractivity contribution < 1.29 is 9.59 Å². The summed E-state index contributed by atoms with van der Waals surface area (Å²) in [6.07, 6.45) is 1.94. The van der Waals surface area contributed by atoms with Crippen molar-refractivity contribution in [1.29, 1.82) is 0 Å². The molecule has 78 valence electrons. The van der Waals surface area contributed by atoms with E-state index in [0.29, 0.717) is 6.42 Å². The number of hydrogen-bond donors (Lipinski definition) is 1. The van der Waals surface area contributed by atoms with Crippen LogP contribution in [0.4, 0.5) is 0 Å². The summed E-state index contributed by atoms with van der Waals surface area (Å²) in [5, 5.41) is 0. The molecule has 2 saturated carbocycles. The maximum Gasteiger partial charge on any atom is 0.224 e. The van der Waals surface area contributed by atoms with Crippen molar-refractivity contribution in [3.63, 3.8) is 0 Å². The van der Waals surface area contributed by atoms with Gasteiger partial charge in [-0.2, -0.15) is 0 Å². The number of amides is 1. The van der Waals surface area contributed by atoms with Crippen molar-refractivity contribution in [2.75, 3.05) is 0 Å². The van der Waals surface area contributed by atoms with Gasteiger partial charge < -0.3 is 5.73 Å². The smallest absolute Gasteiger partial charge is 0.224 e. The third-order valence-electron chi connectivity index (χ3n) is 5.18. The lowest BCUT2D eigenvalue weighted by atomic mass is 9.65. The predicted octanol–water partition coefficient (Wildman–Crippen LogP) is 1.26. The predicted molar refractivity (Wildman–Crippen MR) is 52.4 cm³/mol. The Kier molecular flexibility index (Phi) is 1.53. The summed E-state index contributed by atoms with van der Waals surface area (Å²) in [4.78, 5) is 23.4. The van der Waals surface area contributed by atoms with Gasteiger partial charge in [-0.05, 0) is 18.3 Å². The van der Waals surface area contributed by atoms with Crippen LogP contribution in [-0.4, -0.2) is 11.7 Å². The van der Waals surface area contributed by atoms with Crippen LogP contribution >= 0.6 is 0 Å². The summed E-state index contributed by atoms with van der Waals surface area (Å²) in [6, 6.07) is 0. The van der Waals surface area contributed by atoms with Crippen molar-refractivity contribution in [2.45, 2.75) is 40.0 Å². The molecular weight excluding hydrogens is 178 g/mol. The Morgan fingerprint density at radius 3 is 2.07 bits per heavy atom. The van der Waals surface area contributed by atoms with E-state index in [4.69, 9.17) is 5.73 Å². The molecule has 0 aliphatic heterocycles. The fraction of sp³-hybridized carbons (Fsp3) is 0.818. The zero-order chi connectivity index (χ0) is 10.8. The average molecular weight is 195 g/mol. The van der Waals surface area contributed by atoms with Gasteiger partial charge in [0.05, 0.1) is 5.41 Å². The zero-order valence-electron chi connectivity index (χ0n) is 9.02. The minimum Gasteiger partial charge on any atom is -0.369 e. The van der Waals surface area contributed by atoms with Gasteiger partial charge in [-0.3, -0.25) is 9.59 Å². The lowest BCUT2D eigenvalue weighted by molar-refractivity contribution is -0.133. The number of carbonyl (C=O) groups is 2. The molecule has 0 saturated heterocycles. The van der Waals surface area contributed by atoms with Crippen LogP contribution in [0.15, 0.2) is 0 Å². The van der Waals surface area contributed by atoms with Crippen molar-refractivity contribution in [3.05, 3.63) is 0 Å². The van der Waals surface area contributed by atoms with Gasteiger partial charge in [-0.1, -0.05) is 20.8 Å². The molecule has 2 aliphatic carbocycles. The Balaban J connectivity index is 2.60. The van der Waals surface area contributed by atoms with Crippen LogP contribution in [0, 0.1) is 16.2 Å². The van der Waals surface area contributed by atoms with Gasteiger partial charge in [-0.25, -0.2) is 0 Å². The zero-order valence-corrected chi connectivity index (χ0v) is 9.02. The van der Waals surface area contributed by atoms with Crippen LogP contribution in [0.3, 0.4) is 0 Å². The molecule has 0 heterocycles. The first-order valence-corrected chi connectivity index (χ1v) is 5.11.